The number of likely N-dealkylation sites (tertiary alicyclic amines) is 1. The first kappa shape index (κ1) is 16.3. The molecule has 0 spiro atoms. The van der Waals surface area contributed by atoms with Gasteiger partial charge in [0.1, 0.15) is 0 Å². The van der Waals surface area contributed by atoms with Crippen LogP contribution in [0.15, 0.2) is 15.9 Å². The van der Waals surface area contributed by atoms with Gasteiger partial charge in [0.15, 0.2) is 0 Å². The van der Waals surface area contributed by atoms with Crippen LogP contribution in [0.4, 0.5) is 4.79 Å². The van der Waals surface area contributed by atoms with E-state index in [4.69, 9.17) is 5.11 Å². The molecule has 0 saturated carbocycles. The Morgan fingerprint density at radius 2 is 2.24 bits per heavy atom. The third-order valence-electron chi connectivity index (χ3n) is 3.62. The number of carboxylic acids is 1. The maximum Gasteiger partial charge on any atom is 0.317 e. The molecule has 116 valence electrons. The van der Waals surface area contributed by atoms with Crippen molar-refractivity contribution < 1.29 is 14.7 Å². The molecule has 5 nitrogen and oxygen atoms in total. The maximum atomic E-state index is 12.3. The van der Waals surface area contributed by atoms with Crippen LogP contribution in [0.3, 0.4) is 0 Å². The molecule has 0 radical (unpaired) electrons. The van der Waals surface area contributed by atoms with Crippen LogP contribution in [0, 0.1) is 0 Å². The van der Waals surface area contributed by atoms with Crippen molar-refractivity contribution in [2.75, 3.05) is 6.54 Å². The van der Waals surface area contributed by atoms with E-state index in [1.165, 1.54) is 0 Å². The highest BCUT2D eigenvalue weighted by molar-refractivity contribution is 9.11. The van der Waals surface area contributed by atoms with Crippen molar-refractivity contribution in [1.82, 2.24) is 10.2 Å². The second-order valence-corrected chi connectivity index (χ2v) is 7.69. The largest absolute Gasteiger partial charge is 0.481 e. The van der Waals surface area contributed by atoms with Crippen LogP contribution in [0.1, 0.15) is 37.0 Å². The van der Waals surface area contributed by atoms with Gasteiger partial charge in [-0.3, -0.25) is 4.79 Å². The minimum atomic E-state index is -0.802. The number of nitrogens with zero attached hydrogens (tertiary/aromatic N) is 1. The molecule has 1 aliphatic heterocycles. The molecule has 1 aliphatic rings. The average molecular weight is 375 g/mol. The number of halogens is 1. The van der Waals surface area contributed by atoms with Crippen LogP contribution < -0.4 is 5.32 Å². The van der Waals surface area contributed by atoms with E-state index in [0.29, 0.717) is 19.5 Å². The van der Waals surface area contributed by atoms with Gasteiger partial charge >= 0.3 is 12.0 Å². The fourth-order valence-electron chi connectivity index (χ4n) is 2.57. The second-order valence-electron chi connectivity index (χ2n) is 5.14. The normalized spacial score (nSPS) is 18.5. The van der Waals surface area contributed by atoms with Crippen LogP contribution in [-0.2, 0) is 11.3 Å². The van der Waals surface area contributed by atoms with Gasteiger partial charge in [0, 0.05) is 23.9 Å². The summed E-state index contributed by atoms with van der Waals surface area (Å²) < 4.78 is 1.05. The minimum Gasteiger partial charge on any atom is -0.481 e. The van der Waals surface area contributed by atoms with Gasteiger partial charge in [-0.2, -0.15) is 0 Å². The van der Waals surface area contributed by atoms with Crippen LogP contribution in [0.2, 0.25) is 0 Å². The van der Waals surface area contributed by atoms with Crippen molar-refractivity contribution >= 4 is 39.3 Å². The van der Waals surface area contributed by atoms with Gasteiger partial charge in [0.05, 0.1) is 10.3 Å². The molecule has 1 unspecified atom stereocenters. The SMILES string of the molecule is O=C(O)CCC1CCCCN1C(=O)NCc1ccc(Br)s1. The number of amides is 2. The quantitative estimate of drug-likeness (QED) is 0.828. The number of carbonyl (C=O) groups excluding carboxylic acids is 1. The van der Waals surface area contributed by atoms with Crippen LogP contribution in [0.5, 0.6) is 0 Å². The van der Waals surface area contributed by atoms with Gasteiger partial charge in [0.2, 0.25) is 0 Å². The molecule has 1 aromatic rings. The van der Waals surface area contributed by atoms with E-state index >= 15 is 0 Å². The molecule has 1 aromatic heterocycles. The molecule has 2 N–H and O–H groups in total. The molecule has 2 rings (SSSR count). The Hall–Kier alpha value is -1.08. The van der Waals surface area contributed by atoms with E-state index < -0.39 is 5.97 Å². The smallest absolute Gasteiger partial charge is 0.317 e. The Morgan fingerprint density at radius 3 is 2.90 bits per heavy atom. The van der Waals surface area contributed by atoms with Crippen LogP contribution in [-0.4, -0.2) is 34.6 Å². The predicted molar refractivity (Wildman–Crippen MR) is 85.5 cm³/mol. The summed E-state index contributed by atoms with van der Waals surface area (Å²) >= 11 is 5.00. The molecule has 0 aromatic carbocycles. The fourth-order valence-corrected chi connectivity index (χ4v) is 3.99. The second kappa shape index (κ2) is 7.79. The molecular formula is C14H19BrN2O3S. The number of thiophene rings is 1. The van der Waals surface area contributed by atoms with Crippen LogP contribution >= 0.6 is 27.3 Å². The first-order valence-electron chi connectivity index (χ1n) is 7.06. The van der Waals surface area contributed by atoms with Gasteiger partial charge in [-0.15, -0.1) is 11.3 Å². The van der Waals surface area contributed by atoms with Gasteiger partial charge < -0.3 is 15.3 Å². The molecule has 0 bridgehead atoms. The summed E-state index contributed by atoms with van der Waals surface area (Å²) in [6, 6.07) is 3.90. The number of aliphatic carboxylic acids is 1. The highest BCUT2D eigenvalue weighted by Crippen LogP contribution is 2.23. The number of nitrogens with one attached hydrogen (secondary N) is 1. The first-order valence-corrected chi connectivity index (χ1v) is 8.67. The molecule has 21 heavy (non-hydrogen) atoms. The van der Waals surface area contributed by atoms with Crippen molar-refractivity contribution in [1.29, 1.82) is 0 Å². The van der Waals surface area contributed by atoms with Crippen molar-refractivity contribution in [3.63, 3.8) is 0 Å². The number of hydrogen-bond acceptors (Lipinski definition) is 3. The van der Waals surface area contributed by atoms with Gasteiger partial charge in [-0.25, -0.2) is 4.79 Å². The molecule has 7 heteroatoms. The first-order chi connectivity index (χ1) is 10.1. The van der Waals surface area contributed by atoms with E-state index in [0.717, 1.165) is 27.9 Å². The zero-order chi connectivity index (χ0) is 15.2. The summed E-state index contributed by atoms with van der Waals surface area (Å²) in [5.74, 6) is -0.802. The Balaban J connectivity index is 1.87. The summed E-state index contributed by atoms with van der Waals surface area (Å²) in [5.41, 5.74) is 0. The fraction of sp³-hybridized carbons (Fsp3) is 0.571. The summed E-state index contributed by atoms with van der Waals surface area (Å²) in [4.78, 5) is 25.9. The van der Waals surface area contributed by atoms with Crippen molar-refractivity contribution in [2.45, 2.75) is 44.7 Å². The molecule has 1 fully saturated rings. The molecule has 0 aliphatic carbocycles. The Bertz CT molecular complexity index is 506. The zero-order valence-corrected chi connectivity index (χ0v) is 14.1. The number of carbonyl (C=O) groups is 2. The third-order valence-corrected chi connectivity index (χ3v) is 5.25. The average Bonchev–Trinajstić information content (AvgIpc) is 2.88. The maximum absolute atomic E-state index is 12.3. The topological polar surface area (TPSA) is 69.6 Å². The molecular weight excluding hydrogens is 356 g/mol. The van der Waals surface area contributed by atoms with Crippen LogP contribution in [0.25, 0.3) is 0 Å². The summed E-state index contributed by atoms with van der Waals surface area (Å²) in [6.45, 7) is 1.22. The summed E-state index contributed by atoms with van der Waals surface area (Å²) in [5, 5.41) is 11.7. The molecule has 2 heterocycles. The highest BCUT2D eigenvalue weighted by atomic mass is 79.9. The lowest BCUT2D eigenvalue weighted by atomic mass is 9.98. The lowest BCUT2D eigenvalue weighted by Gasteiger charge is -2.35. The number of carboxylic acid groups (broad SMARTS) is 1. The monoisotopic (exact) mass is 374 g/mol. The Morgan fingerprint density at radius 1 is 1.43 bits per heavy atom. The Labute approximate surface area is 136 Å². The van der Waals surface area contributed by atoms with E-state index in [-0.39, 0.29) is 18.5 Å². The molecule has 1 saturated heterocycles. The van der Waals surface area contributed by atoms with Crippen molar-refractivity contribution in [3.05, 3.63) is 20.8 Å². The summed E-state index contributed by atoms with van der Waals surface area (Å²) in [6.07, 6.45) is 3.60. The van der Waals surface area contributed by atoms with Crippen molar-refractivity contribution in [2.24, 2.45) is 0 Å². The highest BCUT2D eigenvalue weighted by Gasteiger charge is 2.26. The van der Waals surface area contributed by atoms with E-state index in [2.05, 4.69) is 21.2 Å². The van der Waals surface area contributed by atoms with E-state index in [1.807, 2.05) is 12.1 Å². The predicted octanol–water partition coefficient (Wildman–Crippen LogP) is 3.44. The lowest BCUT2D eigenvalue weighted by Crippen LogP contribution is -2.48. The third kappa shape index (κ3) is 5.00. The van der Waals surface area contributed by atoms with E-state index in [1.54, 1.807) is 16.2 Å². The molecule has 2 amide bonds. The van der Waals surface area contributed by atoms with Gasteiger partial charge in [-0.1, -0.05) is 0 Å². The van der Waals surface area contributed by atoms with Gasteiger partial charge in [-0.05, 0) is 53.7 Å². The number of piperidine rings is 1. The standard InChI is InChI=1S/C14H19BrN2O3S/c15-12-6-5-11(21-12)9-16-14(20)17-8-2-1-3-10(17)4-7-13(18)19/h5-6,10H,1-4,7-9H2,(H,16,20)(H,18,19). The number of hydrogen-bond donors (Lipinski definition) is 2. The minimum absolute atomic E-state index is 0.0462. The molecule has 1 atom stereocenters. The van der Waals surface area contributed by atoms with Crippen molar-refractivity contribution in [3.8, 4) is 0 Å². The number of urea groups is 1. The zero-order valence-electron chi connectivity index (χ0n) is 11.7. The van der Waals surface area contributed by atoms with Gasteiger partial charge in [0.25, 0.3) is 0 Å². The Kier molecular flexibility index (Phi) is 6.05. The summed E-state index contributed by atoms with van der Waals surface area (Å²) in [7, 11) is 0. The number of rotatable bonds is 5. The lowest BCUT2D eigenvalue weighted by molar-refractivity contribution is -0.137. The van der Waals surface area contributed by atoms with E-state index in [9.17, 15) is 9.59 Å².